The quantitative estimate of drug-likeness (QED) is 0.492. The summed E-state index contributed by atoms with van der Waals surface area (Å²) in [4.78, 5) is 44.2. The largest absolute Gasteiger partial charge is 0.294 e. The molecule has 0 atom stereocenters. The third-order valence-electron chi connectivity index (χ3n) is 6.98. The molecule has 2 aromatic carbocycles. The van der Waals surface area contributed by atoms with Crippen molar-refractivity contribution in [1.29, 1.82) is 0 Å². The number of hydrogen-bond acceptors (Lipinski definition) is 5. The van der Waals surface area contributed by atoms with E-state index in [0.29, 0.717) is 11.4 Å². The summed E-state index contributed by atoms with van der Waals surface area (Å²) in [5.41, 5.74) is 3.41. The Hall–Kier alpha value is -3.19. The monoisotopic (exact) mass is 487 g/mol. The van der Waals surface area contributed by atoms with Gasteiger partial charge in [0.15, 0.2) is 0 Å². The number of aliphatic imine (C=N–C) groups is 1. The summed E-state index contributed by atoms with van der Waals surface area (Å²) in [5, 5.41) is 1.95. The second kappa shape index (κ2) is 9.82. The lowest BCUT2D eigenvalue weighted by molar-refractivity contribution is -0.131. The first-order valence-corrected chi connectivity index (χ1v) is 13.1. The minimum atomic E-state index is -0.513. The number of hydrogen-bond donors (Lipinski definition) is 1. The Morgan fingerprint density at radius 3 is 2.49 bits per heavy atom. The summed E-state index contributed by atoms with van der Waals surface area (Å²) in [6.07, 6.45) is 8.59. The van der Waals surface area contributed by atoms with Gasteiger partial charge >= 0.3 is 0 Å². The first-order valence-electron chi connectivity index (χ1n) is 12.3. The molecule has 2 aliphatic heterocycles. The van der Waals surface area contributed by atoms with Crippen molar-refractivity contribution < 1.29 is 14.4 Å². The van der Waals surface area contributed by atoms with Crippen LogP contribution in [-0.2, 0) is 16.1 Å². The van der Waals surface area contributed by atoms with E-state index in [-0.39, 0.29) is 17.1 Å². The maximum atomic E-state index is 13.4. The minimum absolute atomic E-state index is 0.170. The van der Waals surface area contributed by atoms with Gasteiger partial charge in [-0.2, -0.15) is 0 Å². The normalized spacial score (nSPS) is 20.3. The average Bonchev–Trinajstić information content (AvgIpc) is 3.53. The molecule has 2 fully saturated rings. The molecule has 5 rings (SSSR count). The highest BCUT2D eigenvalue weighted by Crippen LogP contribution is 2.40. The second-order valence-corrected chi connectivity index (χ2v) is 10.4. The summed E-state index contributed by atoms with van der Waals surface area (Å²) < 4.78 is 0. The highest BCUT2D eigenvalue weighted by atomic mass is 32.2. The minimum Gasteiger partial charge on any atom is -0.294 e. The van der Waals surface area contributed by atoms with Gasteiger partial charge in [-0.15, -0.1) is 0 Å². The molecule has 0 unspecified atom stereocenters. The van der Waals surface area contributed by atoms with E-state index in [1.807, 2.05) is 29.2 Å². The number of rotatable bonds is 7. The zero-order valence-electron chi connectivity index (χ0n) is 19.9. The number of benzene rings is 2. The lowest BCUT2D eigenvalue weighted by Crippen LogP contribution is -2.40. The van der Waals surface area contributed by atoms with Gasteiger partial charge in [0.25, 0.3) is 17.1 Å². The van der Waals surface area contributed by atoms with Gasteiger partial charge in [-0.1, -0.05) is 74.7 Å². The fourth-order valence-corrected chi connectivity index (χ4v) is 5.79. The van der Waals surface area contributed by atoms with Crippen molar-refractivity contribution in [3.8, 4) is 11.1 Å². The zero-order valence-corrected chi connectivity index (χ0v) is 20.7. The number of unbranched alkanes of at least 4 members (excludes halogenated alkanes) is 1. The zero-order chi connectivity index (χ0) is 24.4. The maximum absolute atomic E-state index is 13.4. The van der Waals surface area contributed by atoms with Crippen LogP contribution < -0.4 is 5.32 Å². The third-order valence-corrected chi connectivity index (χ3v) is 7.79. The number of nitrogens with zero attached hydrogens (tertiary/aromatic N) is 2. The number of imide groups is 1. The number of thioether (sulfide) groups is 1. The van der Waals surface area contributed by atoms with Crippen molar-refractivity contribution in [2.24, 2.45) is 4.99 Å². The number of nitrogens with one attached hydrogen (secondary N) is 1. The maximum Gasteiger partial charge on any atom is 0.290 e. The summed E-state index contributed by atoms with van der Waals surface area (Å²) in [6, 6.07) is 16.0. The van der Waals surface area contributed by atoms with E-state index in [0.717, 1.165) is 84.8 Å². The molecular weight excluding hydrogens is 458 g/mol. The van der Waals surface area contributed by atoms with Gasteiger partial charge in [0.2, 0.25) is 0 Å². The Bertz CT molecular complexity index is 1230. The lowest BCUT2D eigenvalue weighted by Gasteiger charge is -2.23. The van der Waals surface area contributed by atoms with E-state index < -0.39 is 5.54 Å². The lowest BCUT2D eigenvalue weighted by atomic mass is 9.97. The van der Waals surface area contributed by atoms with Crippen molar-refractivity contribution in [1.82, 2.24) is 10.2 Å². The molecule has 0 radical (unpaired) electrons. The van der Waals surface area contributed by atoms with Gasteiger partial charge in [0.05, 0.1) is 11.4 Å². The molecule has 3 aliphatic rings. The molecule has 180 valence electrons. The van der Waals surface area contributed by atoms with E-state index in [1.165, 1.54) is 0 Å². The van der Waals surface area contributed by atoms with Crippen molar-refractivity contribution >= 4 is 40.7 Å². The fourth-order valence-electron chi connectivity index (χ4n) is 5.12. The van der Waals surface area contributed by atoms with Gasteiger partial charge < -0.3 is 0 Å². The molecule has 1 spiro atoms. The Labute approximate surface area is 209 Å². The van der Waals surface area contributed by atoms with Gasteiger partial charge in [-0.3, -0.25) is 29.6 Å². The molecule has 2 aromatic rings. The summed E-state index contributed by atoms with van der Waals surface area (Å²) >= 11 is 0.919. The molecule has 1 saturated heterocycles. The smallest absolute Gasteiger partial charge is 0.290 e. The number of carbonyl (C=O) groups excluding carboxylic acids is 3. The van der Waals surface area contributed by atoms with Crippen LogP contribution in [0.25, 0.3) is 17.2 Å². The number of amidine groups is 1. The van der Waals surface area contributed by atoms with Crippen LogP contribution in [0.1, 0.15) is 63.0 Å². The second-order valence-electron chi connectivity index (χ2n) is 9.40. The Morgan fingerprint density at radius 1 is 1.06 bits per heavy atom. The molecule has 2 heterocycles. The highest BCUT2D eigenvalue weighted by molar-refractivity contribution is 8.18. The number of amides is 3. The van der Waals surface area contributed by atoms with E-state index in [1.54, 1.807) is 6.08 Å². The highest BCUT2D eigenvalue weighted by Gasteiger charge is 2.49. The summed E-state index contributed by atoms with van der Waals surface area (Å²) in [5.74, 6) is 0.756. The van der Waals surface area contributed by atoms with Crippen LogP contribution in [0, 0.1) is 0 Å². The predicted molar refractivity (Wildman–Crippen MR) is 140 cm³/mol. The predicted octanol–water partition coefficient (Wildman–Crippen LogP) is 5.92. The summed E-state index contributed by atoms with van der Waals surface area (Å²) in [6.45, 7) is 2.70. The molecular formula is C28H29N3O3S. The van der Waals surface area contributed by atoms with Crippen molar-refractivity contribution in [3.63, 3.8) is 0 Å². The Kier molecular flexibility index (Phi) is 6.60. The first kappa shape index (κ1) is 23.5. The van der Waals surface area contributed by atoms with Gasteiger partial charge in [0.1, 0.15) is 11.4 Å². The van der Waals surface area contributed by atoms with Crippen LogP contribution in [0.15, 0.2) is 58.4 Å². The summed E-state index contributed by atoms with van der Waals surface area (Å²) in [7, 11) is 0. The van der Waals surface area contributed by atoms with Crippen LogP contribution in [-0.4, -0.2) is 33.3 Å². The van der Waals surface area contributed by atoms with Crippen molar-refractivity contribution in [2.75, 3.05) is 0 Å². The van der Waals surface area contributed by atoms with Crippen LogP contribution in [0.5, 0.6) is 0 Å². The SMILES string of the molecule is CCCCC1=NC2(CCCC2)C(=O)N1Cc1ccc(-c2ccccc2C=C2SC(=O)NC2=O)cc1. The first-order chi connectivity index (χ1) is 17.0. The molecule has 1 N–H and O–H groups in total. The van der Waals surface area contributed by atoms with E-state index in [2.05, 4.69) is 36.5 Å². The Balaban J connectivity index is 1.37. The van der Waals surface area contributed by atoms with E-state index in [9.17, 15) is 14.4 Å². The number of carbonyl (C=O) groups is 3. The van der Waals surface area contributed by atoms with E-state index in [4.69, 9.17) is 4.99 Å². The third kappa shape index (κ3) is 4.69. The van der Waals surface area contributed by atoms with Crippen LogP contribution in [0.4, 0.5) is 4.79 Å². The molecule has 1 saturated carbocycles. The molecule has 1 aliphatic carbocycles. The molecule has 35 heavy (non-hydrogen) atoms. The molecule has 6 nitrogen and oxygen atoms in total. The molecule has 0 bridgehead atoms. The van der Waals surface area contributed by atoms with Crippen molar-refractivity contribution in [3.05, 3.63) is 64.6 Å². The Morgan fingerprint density at radius 2 is 1.80 bits per heavy atom. The van der Waals surface area contributed by atoms with Gasteiger partial charge in [-0.05, 0) is 59.4 Å². The standard InChI is InChI=1S/C28H29N3O3S/c1-2-3-10-24-30-28(15-6-7-16-28)26(33)31(24)18-19-11-13-20(14-12-19)22-9-5-4-8-21(22)17-23-25(32)29-27(34)35-23/h4-5,8-9,11-14,17H,2-3,6-7,10,15-16,18H2,1H3,(H,29,32,34). The van der Waals surface area contributed by atoms with Gasteiger partial charge in [-0.25, -0.2) is 0 Å². The van der Waals surface area contributed by atoms with Crippen LogP contribution in [0.2, 0.25) is 0 Å². The average molecular weight is 488 g/mol. The van der Waals surface area contributed by atoms with E-state index >= 15 is 0 Å². The molecule has 7 heteroatoms. The molecule has 3 amide bonds. The van der Waals surface area contributed by atoms with Crippen LogP contribution >= 0.6 is 11.8 Å². The topological polar surface area (TPSA) is 78.8 Å². The molecule has 0 aromatic heterocycles. The fraction of sp³-hybridized carbons (Fsp3) is 0.357. The van der Waals surface area contributed by atoms with Crippen LogP contribution in [0.3, 0.4) is 0 Å². The van der Waals surface area contributed by atoms with Gasteiger partial charge in [0, 0.05) is 6.42 Å². The van der Waals surface area contributed by atoms with Crippen molar-refractivity contribution in [2.45, 2.75) is 64.0 Å².